The van der Waals surface area contributed by atoms with Crippen LogP contribution in [0.25, 0.3) is 0 Å². The average Bonchev–Trinajstić information content (AvgIpc) is 2.63. The Labute approximate surface area is 111 Å². The largest absolute Gasteiger partial charge is 0.319 e. The minimum Gasteiger partial charge on any atom is -0.319 e. The van der Waals surface area contributed by atoms with Crippen molar-refractivity contribution in [2.75, 3.05) is 5.32 Å². The zero-order valence-electron chi connectivity index (χ0n) is 11.1. The summed E-state index contributed by atoms with van der Waals surface area (Å²) in [6.07, 6.45) is 0. The number of ketones is 1. The van der Waals surface area contributed by atoms with E-state index >= 15 is 0 Å². The number of rotatable bonds is 3. The summed E-state index contributed by atoms with van der Waals surface area (Å²) in [6, 6.07) is 8.89. The first-order valence-corrected chi connectivity index (χ1v) is 5.91. The first-order valence-electron chi connectivity index (χ1n) is 5.91. The number of para-hydroxylation sites is 1. The maximum absolute atomic E-state index is 12.1. The highest BCUT2D eigenvalue weighted by atomic mass is 16.2. The van der Waals surface area contributed by atoms with Gasteiger partial charge in [-0.2, -0.15) is 5.10 Å². The highest BCUT2D eigenvalue weighted by Gasteiger charge is 2.23. The van der Waals surface area contributed by atoms with E-state index in [1.165, 1.54) is 0 Å². The molecule has 0 atom stereocenters. The van der Waals surface area contributed by atoms with Crippen LogP contribution >= 0.6 is 0 Å². The molecule has 1 N–H and O–H groups in total. The third kappa shape index (κ3) is 2.54. The van der Waals surface area contributed by atoms with Crippen LogP contribution < -0.4 is 5.32 Å². The minimum absolute atomic E-state index is 0.371. The quantitative estimate of drug-likeness (QED) is 0.674. The van der Waals surface area contributed by atoms with E-state index in [4.69, 9.17) is 0 Å². The van der Waals surface area contributed by atoms with Gasteiger partial charge in [0.1, 0.15) is 0 Å². The van der Waals surface area contributed by atoms with E-state index in [-0.39, 0.29) is 0 Å². The first kappa shape index (κ1) is 13.0. The van der Waals surface area contributed by atoms with Gasteiger partial charge in [0.25, 0.3) is 11.7 Å². The van der Waals surface area contributed by atoms with Crippen LogP contribution in [-0.4, -0.2) is 21.5 Å². The molecule has 0 aliphatic carbocycles. The number of aromatic nitrogens is 2. The standard InChI is InChI=1S/C14H15N3O2/c1-9-12(10(2)17(3)16-9)13(18)14(19)15-11-7-5-4-6-8-11/h4-8H,1-3H3,(H,15,19). The van der Waals surface area contributed by atoms with Crippen LogP contribution in [0.3, 0.4) is 0 Å². The highest BCUT2D eigenvalue weighted by Crippen LogP contribution is 2.14. The summed E-state index contributed by atoms with van der Waals surface area (Å²) < 4.78 is 1.60. The summed E-state index contributed by atoms with van der Waals surface area (Å²) in [7, 11) is 1.74. The van der Waals surface area contributed by atoms with Gasteiger partial charge in [-0.15, -0.1) is 0 Å². The van der Waals surface area contributed by atoms with E-state index in [1.807, 2.05) is 6.07 Å². The third-order valence-corrected chi connectivity index (χ3v) is 2.97. The van der Waals surface area contributed by atoms with Gasteiger partial charge >= 0.3 is 0 Å². The summed E-state index contributed by atoms with van der Waals surface area (Å²) in [4.78, 5) is 24.1. The van der Waals surface area contributed by atoms with Crippen molar-refractivity contribution in [1.29, 1.82) is 0 Å². The van der Waals surface area contributed by atoms with Crippen LogP contribution in [0, 0.1) is 13.8 Å². The van der Waals surface area contributed by atoms with Gasteiger partial charge in [-0.1, -0.05) is 18.2 Å². The number of amides is 1. The summed E-state index contributed by atoms with van der Waals surface area (Å²) >= 11 is 0. The number of hydrogen-bond acceptors (Lipinski definition) is 3. The number of carbonyl (C=O) groups excluding carboxylic acids is 2. The van der Waals surface area contributed by atoms with Crippen LogP contribution in [0.2, 0.25) is 0 Å². The van der Waals surface area contributed by atoms with Crippen molar-refractivity contribution in [2.24, 2.45) is 7.05 Å². The lowest BCUT2D eigenvalue weighted by molar-refractivity contribution is -0.112. The predicted molar refractivity (Wildman–Crippen MR) is 72.1 cm³/mol. The van der Waals surface area contributed by atoms with E-state index in [0.29, 0.717) is 22.6 Å². The van der Waals surface area contributed by atoms with Crippen molar-refractivity contribution in [3.63, 3.8) is 0 Å². The fourth-order valence-corrected chi connectivity index (χ4v) is 1.93. The van der Waals surface area contributed by atoms with Crippen LogP contribution in [0.5, 0.6) is 0 Å². The third-order valence-electron chi connectivity index (χ3n) is 2.97. The second-order valence-electron chi connectivity index (χ2n) is 4.32. The normalized spacial score (nSPS) is 10.3. The van der Waals surface area contributed by atoms with E-state index in [0.717, 1.165) is 0 Å². The smallest absolute Gasteiger partial charge is 0.296 e. The monoisotopic (exact) mass is 257 g/mol. The lowest BCUT2D eigenvalue weighted by atomic mass is 10.1. The highest BCUT2D eigenvalue weighted by molar-refractivity contribution is 6.47. The van der Waals surface area contributed by atoms with Gasteiger partial charge in [-0.25, -0.2) is 0 Å². The minimum atomic E-state index is -0.648. The number of anilines is 1. The average molecular weight is 257 g/mol. The molecule has 5 heteroatoms. The first-order chi connectivity index (χ1) is 9.00. The lowest BCUT2D eigenvalue weighted by Crippen LogP contribution is -2.23. The summed E-state index contributed by atoms with van der Waals surface area (Å²) in [5.41, 5.74) is 2.22. The van der Waals surface area contributed by atoms with Crippen molar-refractivity contribution in [2.45, 2.75) is 13.8 Å². The fraction of sp³-hybridized carbons (Fsp3) is 0.214. The molecule has 2 aromatic rings. The van der Waals surface area contributed by atoms with Gasteiger partial charge in [0.05, 0.1) is 11.3 Å². The molecule has 98 valence electrons. The Morgan fingerprint density at radius 1 is 1.16 bits per heavy atom. The maximum atomic E-state index is 12.1. The molecule has 2 rings (SSSR count). The van der Waals surface area contributed by atoms with Crippen LogP contribution in [-0.2, 0) is 11.8 Å². The van der Waals surface area contributed by atoms with Gasteiger partial charge < -0.3 is 5.32 Å². The van der Waals surface area contributed by atoms with Crippen molar-refractivity contribution in [1.82, 2.24) is 9.78 Å². The molecule has 0 aliphatic rings. The van der Waals surface area contributed by atoms with Crippen LogP contribution in [0.4, 0.5) is 5.69 Å². The molecule has 0 radical (unpaired) electrons. The molecule has 0 unspecified atom stereocenters. The number of Topliss-reactive ketones (excluding diaryl/α,β-unsaturated/α-hetero) is 1. The Balaban J connectivity index is 2.23. The van der Waals surface area contributed by atoms with E-state index in [2.05, 4.69) is 10.4 Å². The van der Waals surface area contributed by atoms with E-state index in [9.17, 15) is 9.59 Å². The number of benzene rings is 1. The number of nitrogens with zero attached hydrogens (tertiary/aromatic N) is 2. The van der Waals surface area contributed by atoms with Crippen molar-refractivity contribution < 1.29 is 9.59 Å². The molecule has 0 bridgehead atoms. The molecular formula is C14H15N3O2. The zero-order chi connectivity index (χ0) is 14.0. The number of nitrogens with one attached hydrogen (secondary N) is 1. The number of aryl methyl sites for hydroxylation is 2. The molecule has 0 fully saturated rings. The lowest BCUT2D eigenvalue weighted by Gasteiger charge is -2.04. The van der Waals surface area contributed by atoms with Crippen LogP contribution in [0.1, 0.15) is 21.7 Å². The molecule has 0 aliphatic heterocycles. The van der Waals surface area contributed by atoms with Gasteiger partial charge in [-0.3, -0.25) is 14.3 Å². The Hall–Kier alpha value is -2.43. The second kappa shape index (κ2) is 5.06. The van der Waals surface area contributed by atoms with E-state index in [1.54, 1.807) is 49.8 Å². The molecule has 1 heterocycles. The Bertz CT molecular complexity index is 630. The van der Waals surface area contributed by atoms with Gasteiger partial charge in [-0.05, 0) is 26.0 Å². The molecule has 1 aromatic heterocycles. The van der Waals surface area contributed by atoms with Crippen molar-refractivity contribution in [3.05, 3.63) is 47.3 Å². The molecule has 1 aromatic carbocycles. The van der Waals surface area contributed by atoms with Crippen molar-refractivity contribution >= 4 is 17.4 Å². The molecule has 1 amide bonds. The summed E-state index contributed by atoms with van der Waals surface area (Å²) in [6.45, 7) is 3.49. The predicted octanol–water partition coefficient (Wildman–Crippen LogP) is 1.86. The number of carbonyl (C=O) groups is 2. The molecule has 0 saturated heterocycles. The SMILES string of the molecule is Cc1nn(C)c(C)c1C(=O)C(=O)Nc1ccccc1. The second-order valence-corrected chi connectivity index (χ2v) is 4.32. The Kier molecular flexibility index (Phi) is 3.46. The maximum Gasteiger partial charge on any atom is 0.296 e. The van der Waals surface area contributed by atoms with Gasteiger partial charge in [0, 0.05) is 18.4 Å². The Morgan fingerprint density at radius 3 is 2.32 bits per heavy atom. The topological polar surface area (TPSA) is 64.0 Å². The molecule has 0 spiro atoms. The molecule has 5 nitrogen and oxygen atoms in total. The fourth-order valence-electron chi connectivity index (χ4n) is 1.93. The Morgan fingerprint density at radius 2 is 1.79 bits per heavy atom. The number of hydrogen-bond donors (Lipinski definition) is 1. The van der Waals surface area contributed by atoms with Gasteiger partial charge in [0.2, 0.25) is 0 Å². The van der Waals surface area contributed by atoms with Crippen LogP contribution in [0.15, 0.2) is 30.3 Å². The van der Waals surface area contributed by atoms with Gasteiger partial charge in [0.15, 0.2) is 0 Å². The molecular weight excluding hydrogens is 242 g/mol. The summed E-state index contributed by atoms with van der Waals surface area (Å²) in [5.74, 6) is -1.21. The zero-order valence-corrected chi connectivity index (χ0v) is 11.1. The molecule has 19 heavy (non-hydrogen) atoms. The molecule has 0 saturated carbocycles. The van der Waals surface area contributed by atoms with E-state index < -0.39 is 11.7 Å². The summed E-state index contributed by atoms with van der Waals surface area (Å²) in [5, 5.41) is 6.72. The van der Waals surface area contributed by atoms with Crippen molar-refractivity contribution in [3.8, 4) is 0 Å².